The second-order valence-corrected chi connectivity index (χ2v) is 11.1. The van der Waals surface area contributed by atoms with Gasteiger partial charge in [-0.1, -0.05) is 24.7 Å². The average Bonchev–Trinajstić information content (AvgIpc) is 3.12. The number of amides is 1. The van der Waals surface area contributed by atoms with Crippen LogP contribution < -0.4 is 4.80 Å². The number of methoxy groups -OCH3 is 1. The molecule has 10 heteroatoms. The number of aromatic nitrogens is 1. The van der Waals surface area contributed by atoms with Crippen LogP contribution in [0.4, 0.5) is 0 Å². The first-order chi connectivity index (χ1) is 16.1. The van der Waals surface area contributed by atoms with E-state index in [0.717, 1.165) is 34.2 Å². The molecule has 1 amide bonds. The smallest absolute Gasteiger partial charge is 0.325 e. The van der Waals surface area contributed by atoms with Gasteiger partial charge in [0.1, 0.15) is 6.54 Å². The number of hydrogen-bond acceptors (Lipinski definition) is 6. The zero-order valence-corrected chi connectivity index (χ0v) is 21.6. The topological polar surface area (TPSA) is 98.0 Å². The zero-order chi connectivity index (χ0) is 25.0. The molecule has 0 fully saturated rings. The van der Waals surface area contributed by atoms with Crippen LogP contribution in [0.3, 0.4) is 0 Å². The van der Waals surface area contributed by atoms with Crippen LogP contribution in [-0.2, 0) is 26.1 Å². The molecule has 0 bridgehead atoms. The number of aryl methyl sites for hydroxylation is 2. The van der Waals surface area contributed by atoms with E-state index in [2.05, 4.69) is 4.99 Å². The molecule has 0 aliphatic carbocycles. The lowest BCUT2D eigenvalue weighted by Crippen LogP contribution is -2.27. The Bertz CT molecular complexity index is 1390. The minimum Gasteiger partial charge on any atom is -0.468 e. The Kier molecular flexibility index (Phi) is 8.06. The Morgan fingerprint density at radius 2 is 1.76 bits per heavy atom. The van der Waals surface area contributed by atoms with Gasteiger partial charge in [-0.2, -0.15) is 4.99 Å². The molecular weight excluding hydrogens is 474 g/mol. The summed E-state index contributed by atoms with van der Waals surface area (Å²) >= 11 is 1.31. The molecule has 0 saturated heterocycles. The quantitative estimate of drug-likeness (QED) is 0.437. The lowest BCUT2D eigenvalue weighted by Gasteiger charge is -2.16. The number of nitrogens with zero attached hydrogens (tertiary/aromatic N) is 3. The fraction of sp³-hybridized carbons (Fsp3) is 0.375. The van der Waals surface area contributed by atoms with Crippen LogP contribution in [-0.4, -0.2) is 49.9 Å². The third-order valence-corrected chi connectivity index (χ3v) is 8.56. The lowest BCUT2D eigenvalue weighted by molar-refractivity contribution is -0.141. The second kappa shape index (κ2) is 10.6. The van der Waals surface area contributed by atoms with Gasteiger partial charge in [0.15, 0.2) is 4.80 Å². The van der Waals surface area contributed by atoms with Crippen molar-refractivity contribution >= 4 is 43.5 Å². The van der Waals surface area contributed by atoms with Crippen molar-refractivity contribution in [3.8, 4) is 0 Å². The Hall–Kier alpha value is -2.82. The number of fused-ring (bicyclic) bond motifs is 1. The van der Waals surface area contributed by atoms with E-state index in [1.54, 1.807) is 11.6 Å². The fourth-order valence-electron chi connectivity index (χ4n) is 3.36. The Balaban J connectivity index is 1.98. The molecule has 0 aliphatic heterocycles. The van der Waals surface area contributed by atoms with Crippen LogP contribution in [0.2, 0.25) is 0 Å². The summed E-state index contributed by atoms with van der Waals surface area (Å²) in [5.41, 5.74) is 3.20. The van der Waals surface area contributed by atoms with E-state index in [1.165, 1.54) is 47.0 Å². The summed E-state index contributed by atoms with van der Waals surface area (Å²) < 4.78 is 34.1. The molecule has 0 atom stereocenters. The van der Waals surface area contributed by atoms with E-state index in [0.29, 0.717) is 11.3 Å². The molecule has 3 rings (SSSR count). The Morgan fingerprint density at radius 3 is 2.38 bits per heavy atom. The van der Waals surface area contributed by atoms with E-state index < -0.39 is 21.9 Å². The molecule has 0 aliphatic rings. The number of carbonyl (C=O) groups is 2. The van der Waals surface area contributed by atoms with Crippen LogP contribution in [0.15, 0.2) is 46.3 Å². The normalized spacial score (nSPS) is 12.5. The Morgan fingerprint density at radius 1 is 1.12 bits per heavy atom. The first-order valence-electron chi connectivity index (χ1n) is 10.9. The van der Waals surface area contributed by atoms with Crippen LogP contribution in [0, 0.1) is 13.8 Å². The van der Waals surface area contributed by atoms with Crippen molar-refractivity contribution in [3.05, 3.63) is 57.9 Å². The third-order valence-electron chi connectivity index (χ3n) is 5.65. The summed E-state index contributed by atoms with van der Waals surface area (Å²) in [5.74, 6) is -0.976. The maximum absolute atomic E-state index is 12.9. The second-order valence-electron chi connectivity index (χ2n) is 8.07. The van der Waals surface area contributed by atoms with E-state index in [-0.39, 0.29) is 17.0 Å². The van der Waals surface area contributed by atoms with Crippen molar-refractivity contribution < 1.29 is 22.7 Å². The highest BCUT2D eigenvalue weighted by Crippen LogP contribution is 2.22. The number of esters is 1. The predicted octanol–water partition coefficient (Wildman–Crippen LogP) is 3.65. The first-order valence-corrected chi connectivity index (χ1v) is 13.2. The molecule has 0 saturated carbocycles. The highest BCUT2D eigenvalue weighted by Gasteiger charge is 2.21. The van der Waals surface area contributed by atoms with Crippen molar-refractivity contribution in [1.29, 1.82) is 0 Å². The van der Waals surface area contributed by atoms with Gasteiger partial charge in [0.2, 0.25) is 10.0 Å². The predicted molar refractivity (Wildman–Crippen MR) is 132 cm³/mol. The van der Waals surface area contributed by atoms with Crippen LogP contribution in [0.1, 0.15) is 41.3 Å². The van der Waals surface area contributed by atoms with Crippen molar-refractivity contribution in [1.82, 2.24) is 8.87 Å². The number of thiazole rings is 1. The first kappa shape index (κ1) is 25.8. The van der Waals surface area contributed by atoms with Crippen molar-refractivity contribution in [3.63, 3.8) is 0 Å². The molecule has 1 heterocycles. The van der Waals surface area contributed by atoms with Gasteiger partial charge < -0.3 is 9.30 Å². The van der Waals surface area contributed by atoms with E-state index in [4.69, 9.17) is 4.74 Å². The summed E-state index contributed by atoms with van der Waals surface area (Å²) in [6.07, 6.45) is 1.66. The van der Waals surface area contributed by atoms with Crippen LogP contribution in [0.25, 0.3) is 10.2 Å². The van der Waals surface area contributed by atoms with E-state index >= 15 is 0 Å². The van der Waals surface area contributed by atoms with Crippen LogP contribution >= 0.6 is 11.3 Å². The highest BCUT2D eigenvalue weighted by atomic mass is 32.2. The lowest BCUT2D eigenvalue weighted by atomic mass is 10.1. The Labute approximate surface area is 203 Å². The molecule has 182 valence electrons. The maximum atomic E-state index is 12.9. The van der Waals surface area contributed by atoms with Crippen molar-refractivity contribution in [2.24, 2.45) is 4.99 Å². The van der Waals surface area contributed by atoms with Gasteiger partial charge in [0.05, 0.1) is 22.2 Å². The summed E-state index contributed by atoms with van der Waals surface area (Å²) in [7, 11) is -0.768. The summed E-state index contributed by atoms with van der Waals surface area (Å²) in [5, 5.41) is 0. The van der Waals surface area contributed by atoms with E-state index in [9.17, 15) is 18.0 Å². The number of hydrogen-bond donors (Lipinski definition) is 0. The van der Waals surface area contributed by atoms with Gasteiger partial charge in [-0.05, 0) is 67.8 Å². The van der Waals surface area contributed by atoms with Gasteiger partial charge in [0, 0.05) is 19.2 Å². The zero-order valence-electron chi connectivity index (χ0n) is 20.0. The molecule has 34 heavy (non-hydrogen) atoms. The highest BCUT2D eigenvalue weighted by molar-refractivity contribution is 7.89. The van der Waals surface area contributed by atoms with Gasteiger partial charge >= 0.3 is 5.97 Å². The largest absolute Gasteiger partial charge is 0.468 e. The number of ether oxygens (including phenoxy) is 1. The van der Waals surface area contributed by atoms with Crippen molar-refractivity contribution in [2.75, 3.05) is 20.7 Å². The SMILES string of the molecule is CCCCN(C)S(=O)(=O)c1ccc(C(=O)N=c2sc3cc(C)c(C)cc3n2CC(=O)OC)cc1. The van der Waals surface area contributed by atoms with Crippen LogP contribution in [0.5, 0.6) is 0 Å². The average molecular weight is 504 g/mol. The minimum absolute atomic E-state index is 0.0770. The van der Waals surface area contributed by atoms with Gasteiger partial charge in [0.25, 0.3) is 5.91 Å². The molecule has 0 spiro atoms. The van der Waals surface area contributed by atoms with Gasteiger partial charge in [-0.25, -0.2) is 12.7 Å². The standard InChI is InChI=1S/C24H29N3O5S2/c1-6-7-12-26(4)34(30,31)19-10-8-18(9-11-19)23(29)25-24-27(15-22(28)32-5)20-13-16(2)17(3)14-21(20)33-24/h8-11,13-14H,6-7,12,15H2,1-5H3. The minimum atomic E-state index is -3.62. The summed E-state index contributed by atoms with van der Waals surface area (Å²) in [6.45, 7) is 6.33. The van der Waals surface area contributed by atoms with Gasteiger partial charge in [-0.15, -0.1) is 0 Å². The molecule has 8 nitrogen and oxygen atoms in total. The number of unbranched alkanes of at least 4 members (excludes halogenated alkanes) is 1. The monoisotopic (exact) mass is 503 g/mol. The van der Waals surface area contributed by atoms with Gasteiger partial charge in [-0.3, -0.25) is 9.59 Å². The molecule has 3 aromatic rings. The maximum Gasteiger partial charge on any atom is 0.325 e. The molecule has 2 aromatic carbocycles. The summed E-state index contributed by atoms with van der Waals surface area (Å²) in [4.78, 5) is 29.7. The number of rotatable bonds is 8. The number of carbonyl (C=O) groups excluding carboxylic acids is 2. The molecule has 0 unspecified atom stereocenters. The molecule has 0 radical (unpaired) electrons. The van der Waals surface area contributed by atoms with Crippen molar-refractivity contribution in [2.45, 2.75) is 45.1 Å². The molecular formula is C24H29N3O5S2. The number of benzene rings is 2. The third kappa shape index (κ3) is 5.45. The molecule has 1 aromatic heterocycles. The summed E-state index contributed by atoms with van der Waals surface area (Å²) in [6, 6.07) is 9.71. The van der Waals surface area contributed by atoms with E-state index in [1.807, 2.05) is 32.9 Å². The number of sulfonamides is 1. The fourth-order valence-corrected chi connectivity index (χ4v) is 5.67. The molecule has 0 N–H and O–H groups in total.